The lowest BCUT2D eigenvalue weighted by atomic mass is 10.1. The number of anilines is 2. The van der Waals surface area contributed by atoms with E-state index in [0.717, 1.165) is 27.7 Å². The van der Waals surface area contributed by atoms with Crippen LogP contribution in [0.2, 0.25) is 5.02 Å². The molecule has 0 radical (unpaired) electrons. The van der Waals surface area contributed by atoms with Crippen LogP contribution in [-0.4, -0.2) is 47.1 Å². The summed E-state index contributed by atoms with van der Waals surface area (Å²) < 4.78 is 5.44. The molecule has 1 aliphatic rings. The van der Waals surface area contributed by atoms with Crippen LogP contribution in [0.1, 0.15) is 24.0 Å². The molecule has 1 saturated heterocycles. The molecule has 1 aliphatic heterocycles. The second kappa shape index (κ2) is 11.3. The normalized spacial score (nSPS) is 13.9. The molecule has 0 aliphatic carbocycles. The van der Waals surface area contributed by atoms with Gasteiger partial charge in [-0.3, -0.25) is 0 Å². The molecule has 178 valence electrons. The molecular formula is C24H25Cl2N5O3. The van der Waals surface area contributed by atoms with Gasteiger partial charge in [0, 0.05) is 35.4 Å². The maximum absolute atomic E-state index is 10.7. The van der Waals surface area contributed by atoms with Crippen LogP contribution in [0.15, 0.2) is 36.4 Å². The van der Waals surface area contributed by atoms with Crippen molar-refractivity contribution in [3.05, 3.63) is 64.0 Å². The zero-order valence-corrected chi connectivity index (χ0v) is 20.2. The molecule has 2 heterocycles. The first-order valence-corrected chi connectivity index (χ1v) is 11.1. The number of piperidine rings is 1. The van der Waals surface area contributed by atoms with Crippen molar-refractivity contribution in [1.29, 1.82) is 0 Å². The van der Waals surface area contributed by atoms with Crippen LogP contribution < -0.4 is 10.2 Å². The van der Waals surface area contributed by atoms with Gasteiger partial charge in [-0.15, -0.1) is 22.6 Å². The summed E-state index contributed by atoms with van der Waals surface area (Å²) in [5.41, 5.74) is 2.58. The molecule has 1 aromatic heterocycles. The third kappa shape index (κ3) is 5.86. The summed E-state index contributed by atoms with van der Waals surface area (Å²) in [4.78, 5) is 16.4. The summed E-state index contributed by atoms with van der Waals surface area (Å²) in [5, 5.41) is 23.6. The fourth-order valence-electron chi connectivity index (χ4n) is 3.92. The summed E-state index contributed by atoms with van der Waals surface area (Å²) in [6.07, 6.45) is 1.35. The molecule has 2 N–H and O–H groups in total. The van der Waals surface area contributed by atoms with Gasteiger partial charge < -0.3 is 20.1 Å². The van der Waals surface area contributed by atoms with Gasteiger partial charge in [0.1, 0.15) is 6.61 Å². The summed E-state index contributed by atoms with van der Waals surface area (Å²) in [6.45, 7) is 11.0. The van der Waals surface area contributed by atoms with Crippen LogP contribution in [-0.2, 0) is 16.1 Å². The standard InChI is InChI=1S/C24H24ClN5O3.ClH/c1-15-3-4-16(11-21(15)25)13-27-23-20-12-17(26-2)5-6-19(20)24(29-28-23)30-9-7-18(8-10-30)33-14-22(31)32;/h3-6,11-12,18H,7-10,13-14H2,1H3,(H,27,28)(H,31,32);1H. The SMILES string of the molecule is Cl.[C-]#[N+]c1ccc2c(N3CCC(OCC(=O)O)CC3)nnc(NCc3ccc(C)c(Cl)c3)c2c1. The van der Waals surface area contributed by atoms with Crippen molar-refractivity contribution in [3.63, 3.8) is 0 Å². The minimum absolute atomic E-state index is 0. The van der Waals surface area contributed by atoms with Crippen LogP contribution in [0.25, 0.3) is 15.6 Å². The van der Waals surface area contributed by atoms with E-state index >= 15 is 0 Å². The van der Waals surface area contributed by atoms with Crippen LogP contribution in [0.4, 0.5) is 17.3 Å². The zero-order valence-electron chi connectivity index (χ0n) is 18.6. The molecule has 0 saturated carbocycles. The molecule has 4 rings (SSSR count). The Morgan fingerprint density at radius 2 is 2.00 bits per heavy atom. The second-order valence-electron chi connectivity index (χ2n) is 8.04. The number of carbonyl (C=O) groups is 1. The van der Waals surface area contributed by atoms with Crippen LogP contribution >= 0.6 is 24.0 Å². The fraction of sp³-hybridized carbons (Fsp3) is 0.333. The number of carboxylic acids is 1. The van der Waals surface area contributed by atoms with Crippen molar-refractivity contribution in [3.8, 4) is 0 Å². The number of nitrogens with one attached hydrogen (secondary N) is 1. The predicted molar refractivity (Wildman–Crippen MR) is 135 cm³/mol. The van der Waals surface area contributed by atoms with E-state index in [4.69, 9.17) is 28.0 Å². The number of aryl methyl sites for hydroxylation is 1. The zero-order chi connectivity index (χ0) is 23.4. The first-order valence-electron chi connectivity index (χ1n) is 10.7. The average Bonchev–Trinajstić information content (AvgIpc) is 2.83. The number of ether oxygens (including phenoxy) is 1. The highest BCUT2D eigenvalue weighted by Gasteiger charge is 2.23. The Hall–Kier alpha value is -3.12. The van der Waals surface area contributed by atoms with Gasteiger partial charge in [0.05, 0.1) is 12.7 Å². The van der Waals surface area contributed by atoms with Crippen LogP contribution in [0.3, 0.4) is 0 Å². The number of halogens is 2. The van der Waals surface area contributed by atoms with Crippen molar-refractivity contribution < 1.29 is 14.6 Å². The lowest BCUT2D eigenvalue weighted by Gasteiger charge is -2.33. The van der Waals surface area contributed by atoms with E-state index in [2.05, 4.69) is 25.3 Å². The van der Waals surface area contributed by atoms with Crippen molar-refractivity contribution in [2.75, 3.05) is 29.9 Å². The number of hydrogen-bond acceptors (Lipinski definition) is 6. The highest BCUT2D eigenvalue weighted by atomic mass is 35.5. The third-order valence-corrected chi connectivity index (χ3v) is 6.16. The van der Waals surface area contributed by atoms with Gasteiger partial charge in [-0.1, -0.05) is 35.9 Å². The molecule has 1 fully saturated rings. The van der Waals surface area contributed by atoms with Gasteiger partial charge in [-0.05, 0) is 43.0 Å². The van der Waals surface area contributed by atoms with Crippen molar-refractivity contribution in [1.82, 2.24) is 10.2 Å². The lowest BCUT2D eigenvalue weighted by molar-refractivity contribution is -0.144. The molecular weight excluding hydrogens is 477 g/mol. The van der Waals surface area contributed by atoms with E-state index in [0.29, 0.717) is 49.0 Å². The first-order chi connectivity index (χ1) is 15.9. The van der Waals surface area contributed by atoms with Crippen molar-refractivity contribution in [2.45, 2.75) is 32.4 Å². The Kier molecular flexibility index (Phi) is 8.51. The monoisotopic (exact) mass is 501 g/mol. The van der Waals surface area contributed by atoms with Gasteiger partial charge >= 0.3 is 5.97 Å². The van der Waals surface area contributed by atoms with E-state index in [1.807, 2.05) is 37.3 Å². The van der Waals surface area contributed by atoms with Crippen molar-refractivity contribution >= 4 is 58.1 Å². The van der Waals surface area contributed by atoms with E-state index < -0.39 is 5.97 Å². The number of rotatable bonds is 7. The van der Waals surface area contributed by atoms with Crippen LogP contribution in [0.5, 0.6) is 0 Å². The number of aromatic nitrogens is 2. The Labute approximate surface area is 209 Å². The van der Waals surface area contributed by atoms with Gasteiger partial charge in [0.15, 0.2) is 17.3 Å². The van der Waals surface area contributed by atoms with E-state index in [1.165, 1.54) is 0 Å². The molecule has 0 amide bonds. The van der Waals surface area contributed by atoms with Gasteiger partial charge in [0.2, 0.25) is 0 Å². The number of carboxylic acid groups (broad SMARTS) is 1. The average molecular weight is 502 g/mol. The molecule has 0 atom stereocenters. The van der Waals surface area contributed by atoms with E-state index in [9.17, 15) is 4.79 Å². The largest absolute Gasteiger partial charge is 0.480 e. The molecule has 0 unspecified atom stereocenters. The van der Waals surface area contributed by atoms with Crippen molar-refractivity contribution in [2.24, 2.45) is 0 Å². The maximum Gasteiger partial charge on any atom is 0.329 e. The summed E-state index contributed by atoms with van der Waals surface area (Å²) in [7, 11) is 0. The van der Waals surface area contributed by atoms with E-state index in [1.54, 1.807) is 6.07 Å². The Balaban J connectivity index is 0.00000324. The first kappa shape index (κ1) is 25.5. The van der Waals surface area contributed by atoms with Gasteiger partial charge in [0.25, 0.3) is 0 Å². The second-order valence-corrected chi connectivity index (χ2v) is 8.45. The van der Waals surface area contributed by atoms with Crippen LogP contribution in [0, 0.1) is 13.5 Å². The quantitative estimate of drug-likeness (QED) is 0.427. The Morgan fingerprint density at radius 1 is 1.24 bits per heavy atom. The molecule has 2 aromatic carbocycles. The lowest BCUT2D eigenvalue weighted by Crippen LogP contribution is -2.38. The molecule has 10 heteroatoms. The van der Waals surface area contributed by atoms with Gasteiger partial charge in [-0.25, -0.2) is 9.64 Å². The summed E-state index contributed by atoms with van der Waals surface area (Å²) in [6, 6.07) is 11.4. The highest BCUT2D eigenvalue weighted by molar-refractivity contribution is 6.31. The minimum atomic E-state index is -0.958. The predicted octanol–water partition coefficient (Wildman–Crippen LogP) is 5.25. The highest BCUT2D eigenvalue weighted by Crippen LogP contribution is 2.33. The summed E-state index contributed by atoms with van der Waals surface area (Å²) >= 11 is 6.25. The third-order valence-electron chi connectivity index (χ3n) is 5.75. The molecule has 0 bridgehead atoms. The number of nitrogens with zero attached hydrogens (tertiary/aromatic N) is 4. The molecule has 0 spiro atoms. The summed E-state index contributed by atoms with van der Waals surface area (Å²) in [5.74, 6) is 0.402. The molecule has 3 aromatic rings. The molecule has 8 nitrogen and oxygen atoms in total. The maximum atomic E-state index is 10.7. The Bertz CT molecular complexity index is 1220. The van der Waals surface area contributed by atoms with E-state index in [-0.39, 0.29) is 25.1 Å². The number of aliphatic carboxylic acids is 1. The van der Waals surface area contributed by atoms with Gasteiger partial charge in [-0.2, -0.15) is 0 Å². The number of hydrogen-bond donors (Lipinski definition) is 2. The minimum Gasteiger partial charge on any atom is -0.480 e. The smallest absolute Gasteiger partial charge is 0.329 e. The number of fused-ring (bicyclic) bond motifs is 1. The topological polar surface area (TPSA) is 91.9 Å². The Morgan fingerprint density at radius 3 is 2.68 bits per heavy atom. The molecule has 34 heavy (non-hydrogen) atoms. The number of benzene rings is 2. The fourth-order valence-corrected chi connectivity index (χ4v) is 4.12.